The van der Waals surface area contributed by atoms with Gasteiger partial charge in [-0.1, -0.05) is 18.2 Å². The first-order valence-corrected chi connectivity index (χ1v) is 10.6. The number of hydrogen-bond donors (Lipinski definition) is 7. The second kappa shape index (κ2) is 11.1. The van der Waals surface area contributed by atoms with E-state index in [2.05, 4.69) is 6.58 Å². The van der Waals surface area contributed by atoms with E-state index >= 15 is 0 Å². The van der Waals surface area contributed by atoms with E-state index in [4.69, 9.17) is 14.6 Å². The van der Waals surface area contributed by atoms with Gasteiger partial charge >= 0.3 is 0 Å². The molecule has 1 aliphatic rings. The standard InChI is InChI=1S/C24H30O9/c1-2-3-15-10-14(17-9-13(4-6-18(17)28)8-16(27)11-25)5-7-19(15)32-24-23(31)22(30)21(29)20(12-26)33-24/h2,4-7,9-10,16,20-31H,1,3,8,11-12H2. The van der Waals surface area contributed by atoms with Crippen LogP contribution in [0.25, 0.3) is 11.1 Å². The molecule has 0 radical (unpaired) electrons. The van der Waals surface area contributed by atoms with E-state index in [1.54, 1.807) is 36.4 Å². The highest BCUT2D eigenvalue weighted by molar-refractivity contribution is 5.72. The molecule has 0 aromatic heterocycles. The Morgan fingerprint density at radius 2 is 1.79 bits per heavy atom. The molecule has 33 heavy (non-hydrogen) atoms. The molecule has 1 heterocycles. The van der Waals surface area contributed by atoms with Crippen LogP contribution in [0.1, 0.15) is 11.1 Å². The van der Waals surface area contributed by atoms with Crippen molar-refractivity contribution in [3.05, 3.63) is 60.2 Å². The average molecular weight is 462 g/mol. The maximum Gasteiger partial charge on any atom is 0.229 e. The van der Waals surface area contributed by atoms with Gasteiger partial charge in [-0.05, 0) is 47.4 Å². The van der Waals surface area contributed by atoms with Gasteiger partial charge in [0.15, 0.2) is 0 Å². The number of allylic oxidation sites excluding steroid dienone is 1. The van der Waals surface area contributed by atoms with Crippen molar-refractivity contribution >= 4 is 0 Å². The molecule has 1 saturated heterocycles. The highest BCUT2D eigenvalue weighted by Gasteiger charge is 2.44. The van der Waals surface area contributed by atoms with E-state index in [0.29, 0.717) is 28.9 Å². The summed E-state index contributed by atoms with van der Waals surface area (Å²) in [5, 5.41) is 68.8. The first-order chi connectivity index (χ1) is 15.8. The zero-order chi connectivity index (χ0) is 24.1. The van der Waals surface area contributed by atoms with E-state index in [-0.39, 0.29) is 18.8 Å². The zero-order valence-electron chi connectivity index (χ0n) is 18.0. The molecule has 1 fully saturated rings. The third-order valence-corrected chi connectivity index (χ3v) is 5.57. The molecule has 6 atom stereocenters. The molecule has 2 aromatic carbocycles. The Labute approximate surface area is 191 Å². The maximum atomic E-state index is 10.4. The van der Waals surface area contributed by atoms with E-state index < -0.39 is 43.4 Å². The molecule has 9 heteroatoms. The summed E-state index contributed by atoms with van der Waals surface area (Å²) >= 11 is 0. The normalized spacial score (nSPS) is 26.1. The summed E-state index contributed by atoms with van der Waals surface area (Å²) in [5.41, 5.74) is 2.56. The van der Waals surface area contributed by atoms with Crippen molar-refractivity contribution in [2.24, 2.45) is 0 Å². The number of rotatable bonds is 9. The zero-order valence-corrected chi connectivity index (χ0v) is 18.0. The fourth-order valence-corrected chi connectivity index (χ4v) is 3.74. The lowest BCUT2D eigenvalue weighted by molar-refractivity contribution is -0.277. The topological polar surface area (TPSA) is 160 Å². The van der Waals surface area contributed by atoms with Gasteiger partial charge in [0.2, 0.25) is 6.29 Å². The molecule has 1 aliphatic heterocycles. The van der Waals surface area contributed by atoms with Crippen molar-refractivity contribution in [3.8, 4) is 22.6 Å². The average Bonchev–Trinajstić information content (AvgIpc) is 2.81. The number of ether oxygens (including phenoxy) is 2. The number of benzene rings is 2. The second-order valence-electron chi connectivity index (χ2n) is 8.02. The summed E-state index contributed by atoms with van der Waals surface area (Å²) in [6.07, 6.45) is -5.67. The Morgan fingerprint density at radius 3 is 2.45 bits per heavy atom. The summed E-state index contributed by atoms with van der Waals surface area (Å²) in [5.74, 6) is 0.360. The van der Waals surface area contributed by atoms with Crippen molar-refractivity contribution in [3.63, 3.8) is 0 Å². The lowest BCUT2D eigenvalue weighted by Gasteiger charge is -2.39. The SMILES string of the molecule is C=CCc1cc(-c2cc(CC(O)CO)ccc2O)ccc1OC1OC(CO)C(O)C(O)C1O. The molecule has 0 amide bonds. The minimum atomic E-state index is -1.56. The molecule has 9 nitrogen and oxygen atoms in total. The van der Waals surface area contributed by atoms with Crippen LogP contribution in [0.15, 0.2) is 49.1 Å². The largest absolute Gasteiger partial charge is 0.507 e. The fraction of sp³-hybridized carbons (Fsp3) is 0.417. The van der Waals surface area contributed by atoms with Gasteiger partial charge in [0.1, 0.15) is 35.9 Å². The first-order valence-electron chi connectivity index (χ1n) is 10.6. The summed E-state index contributed by atoms with van der Waals surface area (Å²) in [4.78, 5) is 0. The van der Waals surface area contributed by atoms with Crippen molar-refractivity contribution < 1.29 is 45.2 Å². The lowest BCUT2D eigenvalue weighted by Crippen LogP contribution is -2.60. The number of hydrogen-bond acceptors (Lipinski definition) is 9. The number of phenolic OH excluding ortho intramolecular Hbond substituents is 1. The molecule has 6 unspecified atom stereocenters. The summed E-state index contributed by atoms with van der Waals surface area (Å²) in [6, 6.07) is 9.97. The number of aliphatic hydroxyl groups excluding tert-OH is 6. The van der Waals surface area contributed by atoms with Crippen molar-refractivity contribution in [2.75, 3.05) is 13.2 Å². The van der Waals surface area contributed by atoms with Gasteiger partial charge in [-0.2, -0.15) is 0 Å². The second-order valence-corrected chi connectivity index (χ2v) is 8.02. The van der Waals surface area contributed by atoms with Crippen LogP contribution in [0.2, 0.25) is 0 Å². The molecule has 0 bridgehead atoms. The molecular weight excluding hydrogens is 432 g/mol. The van der Waals surface area contributed by atoms with Crippen LogP contribution < -0.4 is 4.74 Å². The smallest absolute Gasteiger partial charge is 0.229 e. The van der Waals surface area contributed by atoms with Gasteiger partial charge in [-0.3, -0.25) is 0 Å². The molecule has 2 aromatic rings. The fourth-order valence-electron chi connectivity index (χ4n) is 3.74. The van der Waals surface area contributed by atoms with Crippen LogP contribution in [0, 0.1) is 0 Å². The summed E-state index contributed by atoms with van der Waals surface area (Å²) < 4.78 is 11.2. The molecule has 0 saturated carbocycles. The van der Waals surface area contributed by atoms with Gasteiger partial charge in [-0.25, -0.2) is 0 Å². The molecule has 0 spiro atoms. The van der Waals surface area contributed by atoms with Crippen molar-refractivity contribution in [1.29, 1.82) is 0 Å². The van der Waals surface area contributed by atoms with Crippen LogP contribution in [-0.2, 0) is 17.6 Å². The Hall–Kier alpha value is -2.50. The molecule has 7 N–H and O–H groups in total. The molecule has 180 valence electrons. The third-order valence-electron chi connectivity index (χ3n) is 5.57. The van der Waals surface area contributed by atoms with E-state index in [1.165, 1.54) is 6.07 Å². The minimum absolute atomic E-state index is 0.0318. The van der Waals surface area contributed by atoms with Gasteiger partial charge in [0.05, 0.1) is 19.3 Å². The van der Waals surface area contributed by atoms with Crippen LogP contribution in [0.3, 0.4) is 0 Å². The predicted octanol–water partition coefficient (Wildman–Crippen LogP) is -0.138. The Morgan fingerprint density at radius 1 is 1.03 bits per heavy atom. The first kappa shape index (κ1) is 25.1. The minimum Gasteiger partial charge on any atom is -0.507 e. The van der Waals surface area contributed by atoms with Crippen molar-refractivity contribution in [1.82, 2.24) is 0 Å². The van der Waals surface area contributed by atoms with E-state index in [0.717, 1.165) is 5.56 Å². The number of aromatic hydroxyl groups is 1. The highest BCUT2D eigenvalue weighted by atomic mass is 16.7. The van der Waals surface area contributed by atoms with Gasteiger partial charge < -0.3 is 45.2 Å². The molecular formula is C24H30O9. The maximum absolute atomic E-state index is 10.4. The Bertz CT molecular complexity index is 946. The highest BCUT2D eigenvalue weighted by Crippen LogP contribution is 2.35. The van der Waals surface area contributed by atoms with E-state index in [9.17, 15) is 30.6 Å². The van der Waals surface area contributed by atoms with Crippen LogP contribution in [0.5, 0.6) is 11.5 Å². The summed E-state index contributed by atoms with van der Waals surface area (Å²) in [7, 11) is 0. The van der Waals surface area contributed by atoms with Crippen LogP contribution >= 0.6 is 0 Å². The van der Waals surface area contributed by atoms with Gasteiger partial charge in [0.25, 0.3) is 0 Å². The quantitative estimate of drug-likeness (QED) is 0.252. The van der Waals surface area contributed by atoms with E-state index in [1.807, 2.05) is 0 Å². The number of phenols is 1. The number of aliphatic hydroxyl groups is 6. The molecule has 3 rings (SSSR count). The summed E-state index contributed by atoms with van der Waals surface area (Å²) in [6.45, 7) is 2.80. The molecule has 0 aliphatic carbocycles. The monoisotopic (exact) mass is 462 g/mol. The predicted molar refractivity (Wildman–Crippen MR) is 119 cm³/mol. The van der Waals surface area contributed by atoms with Crippen LogP contribution in [0.4, 0.5) is 0 Å². The van der Waals surface area contributed by atoms with Crippen molar-refractivity contribution in [2.45, 2.75) is 49.7 Å². The lowest BCUT2D eigenvalue weighted by atomic mass is 9.96. The van der Waals surface area contributed by atoms with Gasteiger partial charge in [-0.15, -0.1) is 6.58 Å². The van der Waals surface area contributed by atoms with Crippen LogP contribution in [-0.4, -0.2) is 85.8 Å². The Balaban J connectivity index is 1.90. The van der Waals surface area contributed by atoms with Gasteiger partial charge in [0, 0.05) is 12.0 Å². The third kappa shape index (κ3) is 5.71. The Kier molecular flexibility index (Phi) is 8.44.